The highest BCUT2D eigenvalue weighted by molar-refractivity contribution is 7.18. The monoisotopic (exact) mass is 295 g/mol. The quantitative estimate of drug-likeness (QED) is 0.933. The Balaban J connectivity index is 2.08. The first-order chi connectivity index (χ1) is 9.40. The maximum absolute atomic E-state index is 12.0. The van der Waals surface area contributed by atoms with E-state index < -0.39 is 0 Å². The van der Waals surface area contributed by atoms with E-state index in [0.717, 1.165) is 29.9 Å². The number of thiophene rings is 1. The highest BCUT2D eigenvalue weighted by atomic mass is 32.1. The standard InChI is InChI=1S/C15H25N3OS/c1-10(2)11-5-7-18(8-6-11)13-9-12(16)14(20-13)15(19)17(3)4/h9-11H,5-8,16H2,1-4H3. The van der Waals surface area contributed by atoms with Crippen LogP contribution in [-0.2, 0) is 0 Å². The van der Waals surface area contributed by atoms with Crippen LogP contribution in [0.2, 0.25) is 0 Å². The van der Waals surface area contributed by atoms with Crippen LogP contribution in [0.4, 0.5) is 10.7 Å². The summed E-state index contributed by atoms with van der Waals surface area (Å²) in [6.07, 6.45) is 2.46. The zero-order chi connectivity index (χ0) is 14.9. The lowest BCUT2D eigenvalue weighted by atomic mass is 9.87. The third-order valence-corrected chi connectivity index (χ3v) is 5.34. The summed E-state index contributed by atoms with van der Waals surface area (Å²) in [6, 6.07) is 1.96. The summed E-state index contributed by atoms with van der Waals surface area (Å²) in [4.78, 5) is 16.7. The minimum Gasteiger partial charge on any atom is -0.397 e. The molecular weight excluding hydrogens is 270 g/mol. The molecular formula is C15H25N3OS. The zero-order valence-electron chi connectivity index (χ0n) is 12.8. The van der Waals surface area contributed by atoms with Gasteiger partial charge in [0, 0.05) is 27.2 Å². The van der Waals surface area contributed by atoms with E-state index in [1.807, 2.05) is 6.07 Å². The molecule has 0 saturated carbocycles. The Bertz CT molecular complexity index is 473. The fourth-order valence-electron chi connectivity index (χ4n) is 2.70. The largest absolute Gasteiger partial charge is 0.397 e. The molecule has 0 aromatic carbocycles. The average molecular weight is 295 g/mol. The van der Waals surface area contributed by atoms with Gasteiger partial charge in [-0.25, -0.2) is 0 Å². The van der Waals surface area contributed by atoms with Gasteiger partial charge in [0.1, 0.15) is 4.88 Å². The zero-order valence-corrected chi connectivity index (χ0v) is 13.7. The fourth-order valence-corrected chi connectivity index (χ4v) is 3.86. The summed E-state index contributed by atoms with van der Waals surface area (Å²) in [6.45, 7) is 6.74. The summed E-state index contributed by atoms with van der Waals surface area (Å²) < 4.78 is 0. The van der Waals surface area contributed by atoms with E-state index in [1.54, 1.807) is 19.0 Å². The number of carbonyl (C=O) groups is 1. The lowest BCUT2D eigenvalue weighted by Crippen LogP contribution is -2.34. The molecule has 1 aliphatic rings. The van der Waals surface area contributed by atoms with Gasteiger partial charge in [0.15, 0.2) is 0 Å². The number of nitrogens with two attached hydrogens (primary N) is 1. The van der Waals surface area contributed by atoms with Crippen molar-refractivity contribution in [3.8, 4) is 0 Å². The highest BCUT2D eigenvalue weighted by Crippen LogP contribution is 2.36. The Hall–Kier alpha value is -1.23. The van der Waals surface area contributed by atoms with Gasteiger partial charge in [0.25, 0.3) is 5.91 Å². The second kappa shape index (κ2) is 6.04. The number of rotatable bonds is 3. The second-order valence-electron chi connectivity index (χ2n) is 6.14. The molecule has 112 valence electrons. The number of anilines is 2. The maximum Gasteiger partial charge on any atom is 0.265 e. The van der Waals surface area contributed by atoms with Crippen molar-refractivity contribution in [2.45, 2.75) is 26.7 Å². The molecule has 1 aromatic rings. The predicted octanol–water partition coefficient (Wildman–Crippen LogP) is 2.90. The van der Waals surface area contributed by atoms with E-state index in [-0.39, 0.29) is 5.91 Å². The summed E-state index contributed by atoms with van der Waals surface area (Å²) in [5, 5.41) is 1.13. The van der Waals surface area contributed by atoms with Crippen molar-refractivity contribution in [3.05, 3.63) is 10.9 Å². The van der Waals surface area contributed by atoms with Crippen LogP contribution in [-0.4, -0.2) is 38.0 Å². The van der Waals surface area contributed by atoms with Crippen LogP contribution < -0.4 is 10.6 Å². The predicted molar refractivity (Wildman–Crippen MR) is 86.5 cm³/mol. The molecule has 4 nitrogen and oxygen atoms in total. The smallest absolute Gasteiger partial charge is 0.265 e. The SMILES string of the molecule is CC(C)C1CCN(c2cc(N)c(C(=O)N(C)C)s2)CC1. The first-order valence-corrected chi connectivity index (χ1v) is 8.07. The molecule has 0 aliphatic carbocycles. The van der Waals surface area contributed by atoms with Gasteiger partial charge in [0.05, 0.1) is 10.7 Å². The highest BCUT2D eigenvalue weighted by Gasteiger charge is 2.24. The van der Waals surface area contributed by atoms with Crippen LogP contribution in [0, 0.1) is 11.8 Å². The molecule has 0 bridgehead atoms. The van der Waals surface area contributed by atoms with Crippen molar-refractivity contribution < 1.29 is 4.79 Å². The Morgan fingerprint density at radius 2 is 2.00 bits per heavy atom. The van der Waals surface area contributed by atoms with Gasteiger partial charge in [-0.2, -0.15) is 0 Å². The van der Waals surface area contributed by atoms with Gasteiger partial charge in [-0.15, -0.1) is 11.3 Å². The van der Waals surface area contributed by atoms with Crippen LogP contribution in [0.1, 0.15) is 36.4 Å². The number of carbonyl (C=O) groups excluding carboxylic acids is 1. The second-order valence-corrected chi connectivity index (χ2v) is 7.17. The number of hydrogen-bond acceptors (Lipinski definition) is 4. The minimum atomic E-state index is -0.00387. The number of hydrogen-bond donors (Lipinski definition) is 1. The Labute approximate surface area is 125 Å². The molecule has 1 amide bonds. The molecule has 2 rings (SSSR count). The van der Waals surface area contributed by atoms with Gasteiger partial charge >= 0.3 is 0 Å². The van der Waals surface area contributed by atoms with Crippen molar-refractivity contribution >= 4 is 27.9 Å². The van der Waals surface area contributed by atoms with Gasteiger partial charge in [-0.05, 0) is 30.7 Å². The average Bonchev–Trinajstić information content (AvgIpc) is 2.80. The Morgan fingerprint density at radius 3 is 2.50 bits per heavy atom. The molecule has 2 heterocycles. The van der Waals surface area contributed by atoms with E-state index in [4.69, 9.17) is 5.73 Å². The van der Waals surface area contributed by atoms with E-state index in [9.17, 15) is 4.79 Å². The topological polar surface area (TPSA) is 49.6 Å². The molecule has 1 aliphatic heterocycles. The third kappa shape index (κ3) is 3.08. The summed E-state index contributed by atoms with van der Waals surface area (Å²) in [5.41, 5.74) is 6.60. The van der Waals surface area contributed by atoms with Crippen LogP contribution in [0.3, 0.4) is 0 Å². The van der Waals surface area contributed by atoms with Gasteiger partial charge in [0.2, 0.25) is 0 Å². The first-order valence-electron chi connectivity index (χ1n) is 7.26. The van der Waals surface area contributed by atoms with Gasteiger partial charge in [-0.1, -0.05) is 13.8 Å². The molecule has 0 spiro atoms. The molecule has 1 aromatic heterocycles. The molecule has 2 N–H and O–H groups in total. The van der Waals surface area contributed by atoms with Crippen LogP contribution >= 0.6 is 11.3 Å². The van der Waals surface area contributed by atoms with Crippen molar-refractivity contribution in [2.24, 2.45) is 11.8 Å². The number of piperidine rings is 1. The van der Waals surface area contributed by atoms with Crippen molar-refractivity contribution in [1.29, 1.82) is 0 Å². The summed E-state index contributed by atoms with van der Waals surface area (Å²) >= 11 is 1.52. The lowest BCUT2D eigenvalue weighted by Gasteiger charge is -2.34. The van der Waals surface area contributed by atoms with Crippen LogP contribution in [0.5, 0.6) is 0 Å². The number of nitrogens with zero attached hydrogens (tertiary/aromatic N) is 2. The lowest BCUT2D eigenvalue weighted by molar-refractivity contribution is 0.0833. The van der Waals surface area contributed by atoms with E-state index in [1.165, 1.54) is 24.2 Å². The minimum absolute atomic E-state index is 0.00387. The Morgan fingerprint density at radius 1 is 1.40 bits per heavy atom. The van der Waals surface area contributed by atoms with E-state index in [2.05, 4.69) is 18.7 Å². The molecule has 1 saturated heterocycles. The molecule has 1 fully saturated rings. The van der Waals surface area contributed by atoms with E-state index in [0.29, 0.717) is 10.6 Å². The van der Waals surface area contributed by atoms with Crippen molar-refractivity contribution in [3.63, 3.8) is 0 Å². The molecule has 0 unspecified atom stereocenters. The normalized spacial score (nSPS) is 16.8. The maximum atomic E-state index is 12.0. The molecule has 0 atom stereocenters. The summed E-state index contributed by atoms with van der Waals surface area (Å²) in [7, 11) is 3.52. The first kappa shape index (κ1) is 15.2. The third-order valence-electron chi connectivity index (χ3n) is 4.14. The van der Waals surface area contributed by atoms with Crippen LogP contribution in [0.15, 0.2) is 6.07 Å². The van der Waals surface area contributed by atoms with Crippen LogP contribution in [0.25, 0.3) is 0 Å². The molecule has 5 heteroatoms. The van der Waals surface area contributed by atoms with Gasteiger partial charge in [-0.3, -0.25) is 4.79 Å². The summed E-state index contributed by atoms with van der Waals surface area (Å²) in [5.74, 6) is 1.58. The van der Waals surface area contributed by atoms with Gasteiger partial charge < -0.3 is 15.5 Å². The number of nitrogen functional groups attached to an aromatic ring is 1. The van der Waals surface area contributed by atoms with Crippen molar-refractivity contribution in [2.75, 3.05) is 37.8 Å². The molecule has 20 heavy (non-hydrogen) atoms. The van der Waals surface area contributed by atoms with Crippen molar-refractivity contribution in [1.82, 2.24) is 4.90 Å². The Kier molecular flexibility index (Phi) is 4.58. The molecule has 0 radical (unpaired) electrons. The fraction of sp³-hybridized carbons (Fsp3) is 0.667. The van der Waals surface area contributed by atoms with E-state index >= 15 is 0 Å². The number of amides is 1.